The van der Waals surface area contributed by atoms with E-state index in [0.29, 0.717) is 35.5 Å². The van der Waals surface area contributed by atoms with E-state index in [-0.39, 0.29) is 11.9 Å². The van der Waals surface area contributed by atoms with Crippen LogP contribution in [0.3, 0.4) is 0 Å². The second-order valence-electron chi connectivity index (χ2n) is 8.26. The Morgan fingerprint density at radius 3 is 2.14 bits per heavy atom. The van der Waals surface area contributed by atoms with E-state index in [4.69, 9.17) is 11.6 Å². The van der Waals surface area contributed by atoms with Gasteiger partial charge in [-0.1, -0.05) is 24.4 Å². The van der Waals surface area contributed by atoms with Crippen LogP contribution in [0.25, 0.3) is 0 Å². The number of nitrogens with zero attached hydrogens (tertiary/aromatic N) is 3. The molecule has 1 aromatic carbocycles. The molecule has 1 aromatic rings. The van der Waals surface area contributed by atoms with Crippen molar-refractivity contribution in [3.8, 4) is 0 Å². The zero-order valence-corrected chi connectivity index (χ0v) is 18.5. The predicted molar refractivity (Wildman–Crippen MR) is 119 cm³/mol. The summed E-state index contributed by atoms with van der Waals surface area (Å²) in [6.45, 7) is 4.65. The molecule has 3 aliphatic rings. The summed E-state index contributed by atoms with van der Waals surface area (Å²) in [4.78, 5) is 32.6. The number of carbonyl (C=O) groups excluding carboxylic acids is 2. The Bertz CT molecular complexity index is 709. The van der Waals surface area contributed by atoms with Crippen LogP contribution >= 0.6 is 23.4 Å². The van der Waals surface area contributed by atoms with Crippen LogP contribution < -0.4 is 0 Å². The average Bonchev–Trinajstić information content (AvgIpc) is 3.29. The van der Waals surface area contributed by atoms with Gasteiger partial charge in [0.25, 0.3) is 5.91 Å². The fourth-order valence-corrected chi connectivity index (χ4v) is 5.91. The van der Waals surface area contributed by atoms with E-state index in [1.54, 1.807) is 24.3 Å². The molecule has 0 N–H and O–H groups in total. The summed E-state index contributed by atoms with van der Waals surface area (Å²) in [5.74, 6) is 2.95. The lowest BCUT2D eigenvalue weighted by atomic mass is 9.94. The monoisotopic (exact) mass is 435 g/mol. The van der Waals surface area contributed by atoms with E-state index in [1.165, 1.54) is 12.8 Å². The number of carbonyl (C=O) groups is 2. The molecule has 29 heavy (non-hydrogen) atoms. The Labute approximate surface area is 182 Å². The van der Waals surface area contributed by atoms with Crippen molar-refractivity contribution >= 4 is 35.2 Å². The number of halogens is 1. The molecule has 1 unspecified atom stereocenters. The third-order valence-corrected chi connectivity index (χ3v) is 7.70. The van der Waals surface area contributed by atoms with Gasteiger partial charge in [-0.15, -0.1) is 0 Å². The predicted octanol–water partition coefficient (Wildman–Crippen LogP) is 3.23. The van der Waals surface area contributed by atoms with E-state index in [9.17, 15) is 9.59 Å². The first-order valence-electron chi connectivity index (χ1n) is 10.8. The molecule has 2 aliphatic heterocycles. The first-order chi connectivity index (χ1) is 14.1. The van der Waals surface area contributed by atoms with Crippen molar-refractivity contribution in [1.29, 1.82) is 0 Å². The molecule has 5 nitrogen and oxygen atoms in total. The summed E-state index contributed by atoms with van der Waals surface area (Å²) in [6, 6.07) is 7.09. The molecular formula is C22H30ClN3O2S. The summed E-state index contributed by atoms with van der Waals surface area (Å²) in [7, 11) is 0. The van der Waals surface area contributed by atoms with Gasteiger partial charge in [-0.3, -0.25) is 14.5 Å². The molecule has 7 heteroatoms. The fraction of sp³-hybridized carbons (Fsp3) is 0.636. The van der Waals surface area contributed by atoms with Crippen molar-refractivity contribution in [2.75, 3.05) is 50.8 Å². The number of amides is 2. The highest BCUT2D eigenvalue weighted by Gasteiger charge is 2.39. The number of hydrogen-bond donors (Lipinski definition) is 0. The highest BCUT2D eigenvalue weighted by molar-refractivity contribution is 7.99. The van der Waals surface area contributed by atoms with Gasteiger partial charge in [0, 0.05) is 61.4 Å². The maximum Gasteiger partial charge on any atom is 0.253 e. The van der Waals surface area contributed by atoms with E-state index in [1.807, 2.05) is 16.7 Å². The zero-order valence-electron chi connectivity index (χ0n) is 16.9. The lowest BCUT2D eigenvalue weighted by molar-refractivity contribution is -0.139. The summed E-state index contributed by atoms with van der Waals surface area (Å²) in [5, 5.41) is 0.639. The van der Waals surface area contributed by atoms with Gasteiger partial charge in [0.2, 0.25) is 5.91 Å². The molecule has 158 valence electrons. The van der Waals surface area contributed by atoms with Gasteiger partial charge in [0.05, 0.1) is 6.04 Å². The molecule has 1 saturated carbocycles. The Morgan fingerprint density at radius 2 is 1.52 bits per heavy atom. The van der Waals surface area contributed by atoms with Crippen LogP contribution in [0.1, 0.15) is 36.0 Å². The van der Waals surface area contributed by atoms with E-state index >= 15 is 0 Å². The summed E-state index contributed by atoms with van der Waals surface area (Å²) < 4.78 is 0. The van der Waals surface area contributed by atoms with E-state index in [2.05, 4.69) is 9.80 Å². The lowest BCUT2D eigenvalue weighted by Gasteiger charge is -2.43. The Balaban J connectivity index is 1.41. The van der Waals surface area contributed by atoms with E-state index < -0.39 is 0 Å². The highest BCUT2D eigenvalue weighted by atomic mass is 35.5. The Kier molecular flexibility index (Phi) is 7.04. The lowest BCUT2D eigenvalue weighted by Crippen LogP contribution is -2.59. The van der Waals surface area contributed by atoms with Gasteiger partial charge in [-0.05, 0) is 43.0 Å². The maximum absolute atomic E-state index is 13.4. The van der Waals surface area contributed by atoms with Gasteiger partial charge in [-0.2, -0.15) is 11.8 Å². The van der Waals surface area contributed by atoms with Crippen molar-refractivity contribution in [2.45, 2.75) is 31.7 Å². The number of thioether (sulfide) groups is 1. The van der Waals surface area contributed by atoms with Crippen LogP contribution in [0.15, 0.2) is 24.3 Å². The highest BCUT2D eigenvalue weighted by Crippen LogP contribution is 2.32. The third-order valence-electron chi connectivity index (χ3n) is 6.51. The molecule has 1 atom stereocenters. The number of hydrogen-bond acceptors (Lipinski definition) is 4. The molecule has 1 aliphatic carbocycles. The normalized spacial score (nSPS) is 22.7. The van der Waals surface area contributed by atoms with Crippen LogP contribution in [0.4, 0.5) is 0 Å². The van der Waals surface area contributed by atoms with Crippen molar-refractivity contribution in [1.82, 2.24) is 14.7 Å². The average molecular weight is 436 g/mol. The van der Waals surface area contributed by atoms with Crippen LogP contribution in [-0.2, 0) is 4.79 Å². The molecule has 2 heterocycles. The first kappa shape index (κ1) is 21.0. The molecule has 2 amide bonds. The molecule has 0 radical (unpaired) electrons. The molecular weight excluding hydrogens is 406 g/mol. The standard InChI is InChI=1S/C22H30ClN3O2S/c23-19-7-5-18(6-8-19)21(27)25-11-9-24(10-12-25)20(17-3-1-2-4-17)22(28)26-13-15-29-16-14-26/h5-8,17,20H,1-4,9-16H2. The molecule has 0 spiro atoms. The molecule has 0 bridgehead atoms. The second kappa shape index (κ2) is 9.71. The minimum Gasteiger partial charge on any atom is -0.340 e. The van der Waals surface area contributed by atoms with Crippen LogP contribution in [0.5, 0.6) is 0 Å². The largest absolute Gasteiger partial charge is 0.340 e. The summed E-state index contributed by atoms with van der Waals surface area (Å²) >= 11 is 7.88. The SMILES string of the molecule is O=C(c1ccc(Cl)cc1)N1CCN(C(C(=O)N2CCSCC2)C2CCCC2)CC1. The smallest absolute Gasteiger partial charge is 0.253 e. The molecule has 0 aromatic heterocycles. The maximum atomic E-state index is 13.4. The van der Waals surface area contributed by atoms with Crippen molar-refractivity contribution < 1.29 is 9.59 Å². The first-order valence-corrected chi connectivity index (χ1v) is 12.3. The van der Waals surface area contributed by atoms with Crippen LogP contribution in [0, 0.1) is 5.92 Å². The fourth-order valence-electron chi connectivity index (χ4n) is 4.88. The number of piperazine rings is 1. The molecule has 2 saturated heterocycles. The van der Waals surface area contributed by atoms with Crippen molar-refractivity contribution in [3.05, 3.63) is 34.9 Å². The minimum absolute atomic E-state index is 0.00613. The van der Waals surface area contributed by atoms with E-state index in [0.717, 1.165) is 50.5 Å². The van der Waals surface area contributed by atoms with Gasteiger partial charge in [0.1, 0.15) is 0 Å². The molecule has 4 rings (SSSR count). The Morgan fingerprint density at radius 1 is 0.897 bits per heavy atom. The third kappa shape index (κ3) is 4.92. The van der Waals surface area contributed by atoms with Gasteiger partial charge < -0.3 is 9.80 Å². The zero-order chi connectivity index (χ0) is 20.2. The number of rotatable bonds is 4. The van der Waals surface area contributed by atoms with Crippen LogP contribution in [0.2, 0.25) is 5.02 Å². The molecule has 3 fully saturated rings. The Hall–Kier alpha value is -1.24. The summed E-state index contributed by atoms with van der Waals surface area (Å²) in [6.07, 6.45) is 4.78. The minimum atomic E-state index is -0.00613. The second-order valence-corrected chi connectivity index (χ2v) is 9.92. The summed E-state index contributed by atoms with van der Waals surface area (Å²) in [5.41, 5.74) is 0.678. The van der Waals surface area contributed by atoms with Crippen LogP contribution in [-0.4, -0.2) is 83.3 Å². The van der Waals surface area contributed by atoms with Gasteiger partial charge in [0.15, 0.2) is 0 Å². The van der Waals surface area contributed by atoms with Crippen molar-refractivity contribution in [3.63, 3.8) is 0 Å². The quantitative estimate of drug-likeness (QED) is 0.728. The van der Waals surface area contributed by atoms with Gasteiger partial charge >= 0.3 is 0 Å². The topological polar surface area (TPSA) is 43.9 Å². The van der Waals surface area contributed by atoms with Crippen molar-refractivity contribution in [2.24, 2.45) is 5.92 Å². The van der Waals surface area contributed by atoms with Gasteiger partial charge in [-0.25, -0.2) is 0 Å². The number of benzene rings is 1.